The Balaban J connectivity index is 0.977. The molecular weight excluding hydrogens is 769 g/mol. The van der Waals surface area contributed by atoms with Crippen LogP contribution in [0.1, 0.15) is 38.1 Å². The fraction of sp³-hybridized carbons (Fsp3) is 0.105. The third-order valence-electron chi connectivity index (χ3n) is 12.7. The molecule has 0 N–H and O–H groups in total. The van der Waals surface area contributed by atoms with Gasteiger partial charge in [0.2, 0.25) is 0 Å². The molecule has 12 aromatic rings. The van der Waals surface area contributed by atoms with E-state index in [2.05, 4.69) is 197 Å². The molecule has 0 unspecified atom stereocenters. The standard InChI is InChI=1S/C57H44N6/c1-3-14-40-35-41(15-4-2)60-57(59-40)39-16-12-19-43(32-39)62-50-22-10-8-20-45(50)47-33-37(25-28-52(47)62)38-26-29-53-48(34-38)46-21-9-11-23-51(46)63(53)44-27-30-54-49(36-44)56-55(24-13-31-58-56)61(54)42-17-6-5-7-18-42/h5-13,16-36H,3-4,14-15H2,1-2H3. The van der Waals surface area contributed by atoms with E-state index in [1.165, 1.54) is 54.7 Å². The van der Waals surface area contributed by atoms with E-state index in [1.54, 1.807) is 0 Å². The van der Waals surface area contributed by atoms with Crippen LogP contribution in [0.3, 0.4) is 0 Å². The average Bonchev–Trinajstić information content (AvgIpc) is 3.97. The van der Waals surface area contributed by atoms with E-state index >= 15 is 0 Å². The molecule has 0 atom stereocenters. The number of benzene rings is 7. The molecule has 5 heterocycles. The van der Waals surface area contributed by atoms with E-state index in [0.29, 0.717) is 0 Å². The number of para-hydroxylation sites is 3. The van der Waals surface area contributed by atoms with Crippen LogP contribution >= 0.6 is 0 Å². The van der Waals surface area contributed by atoms with Gasteiger partial charge in [0.15, 0.2) is 5.82 Å². The van der Waals surface area contributed by atoms with Crippen molar-refractivity contribution in [3.63, 3.8) is 0 Å². The molecule has 0 aliphatic rings. The van der Waals surface area contributed by atoms with Crippen molar-refractivity contribution < 1.29 is 0 Å². The molecule has 12 rings (SSSR count). The Morgan fingerprint density at radius 1 is 0.365 bits per heavy atom. The van der Waals surface area contributed by atoms with Gasteiger partial charge in [-0.3, -0.25) is 4.98 Å². The van der Waals surface area contributed by atoms with Gasteiger partial charge in [-0.2, -0.15) is 0 Å². The minimum Gasteiger partial charge on any atom is -0.309 e. The minimum atomic E-state index is 0.805. The number of rotatable bonds is 9. The molecular formula is C57H44N6. The number of hydrogen-bond donors (Lipinski definition) is 0. The van der Waals surface area contributed by atoms with Crippen molar-refractivity contribution in [3.8, 4) is 39.6 Å². The van der Waals surface area contributed by atoms with E-state index in [9.17, 15) is 0 Å². The van der Waals surface area contributed by atoms with E-state index in [-0.39, 0.29) is 0 Å². The zero-order valence-electron chi connectivity index (χ0n) is 35.3. The summed E-state index contributed by atoms with van der Waals surface area (Å²) in [7, 11) is 0. The molecule has 5 aromatic heterocycles. The number of fused-ring (bicyclic) bond motifs is 9. The molecule has 0 saturated carbocycles. The summed E-state index contributed by atoms with van der Waals surface area (Å²) in [6.07, 6.45) is 5.91. The lowest BCUT2D eigenvalue weighted by Crippen LogP contribution is -2.01. The first-order valence-corrected chi connectivity index (χ1v) is 22.1. The zero-order valence-corrected chi connectivity index (χ0v) is 35.3. The Morgan fingerprint density at radius 2 is 0.889 bits per heavy atom. The summed E-state index contributed by atoms with van der Waals surface area (Å²) in [6.45, 7) is 4.42. The Morgan fingerprint density at radius 3 is 1.54 bits per heavy atom. The van der Waals surface area contributed by atoms with Gasteiger partial charge >= 0.3 is 0 Å². The molecule has 0 aliphatic heterocycles. The highest BCUT2D eigenvalue weighted by molar-refractivity contribution is 6.13. The largest absolute Gasteiger partial charge is 0.309 e. The van der Waals surface area contributed by atoms with Crippen molar-refractivity contribution in [2.45, 2.75) is 39.5 Å². The highest BCUT2D eigenvalue weighted by Crippen LogP contribution is 2.40. The molecule has 0 aliphatic carbocycles. The Kier molecular flexibility index (Phi) is 8.78. The van der Waals surface area contributed by atoms with Crippen molar-refractivity contribution >= 4 is 65.5 Å². The Bertz CT molecular complexity index is 3690. The monoisotopic (exact) mass is 812 g/mol. The van der Waals surface area contributed by atoms with Gasteiger partial charge < -0.3 is 13.7 Å². The molecule has 0 amide bonds. The van der Waals surface area contributed by atoms with Crippen molar-refractivity contribution in [1.82, 2.24) is 28.7 Å². The second-order valence-electron chi connectivity index (χ2n) is 16.6. The van der Waals surface area contributed by atoms with Gasteiger partial charge in [-0.05, 0) is 121 Å². The summed E-state index contributed by atoms with van der Waals surface area (Å²) in [6, 6.07) is 63.9. The lowest BCUT2D eigenvalue weighted by Gasteiger charge is -2.12. The van der Waals surface area contributed by atoms with Crippen LogP contribution in [0.4, 0.5) is 0 Å². The predicted molar refractivity (Wildman–Crippen MR) is 262 cm³/mol. The number of aryl methyl sites for hydroxylation is 2. The molecule has 0 radical (unpaired) electrons. The fourth-order valence-electron chi connectivity index (χ4n) is 9.91. The van der Waals surface area contributed by atoms with Gasteiger partial charge in [0.1, 0.15) is 0 Å². The first-order valence-electron chi connectivity index (χ1n) is 22.1. The first kappa shape index (κ1) is 37.0. The maximum absolute atomic E-state index is 5.04. The summed E-state index contributed by atoms with van der Waals surface area (Å²) >= 11 is 0. The van der Waals surface area contributed by atoms with Crippen LogP contribution in [0.2, 0.25) is 0 Å². The molecule has 6 heteroatoms. The number of aromatic nitrogens is 6. The molecule has 0 bridgehead atoms. The van der Waals surface area contributed by atoms with Crippen molar-refractivity contribution in [2.75, 3.05) is 0 Å². The lowest BCUT2D eigenvalue weighted by atomic mass is 10.0. The van der Waals surface area contributed by atoms with Gasteiger partial charge in [0, 0.05) is 67.1 Å². The van der Waals surface area contributed by atoms with Gasteiger partial charge in [0.25, 0.3) is 0 Å². The highest BCUT2D eigenvalue weighted by Gasteiger charge is 2.19. The average molecular weight is 813 g/mol. The SMILES string of the molecule is CCCc1cc(CCC)nc(-c2cccc(-n3c4ccccc4c4cc(-c5ccc6c(c5)c5ccccc5n6-c5ccc6c(c5)c5ncccc5n6-c5ccccc5)ccc43)c2)n1. The third-order valence-corrected chi connectivity index (χ3v) is 12.7. The normalized spacial score (nSPS) is 11.9. The summed E-state index contributed by atoms with van der Waals surface area (Å²) in [4.78, 5) is 15.0. The van der Waals surface area contributed by atoms with Gasteiger partial charge in [-0.1, -0.05) is 106 Å². The Labute approximate surface area is 365 Å². The zero-order chi connectivity index (χ0) is 42.0. The van der Waals surface area contributed by atoms with Crippen LogP contribution in [0.25, 0.3) is 105 Å². The molecule has 6 nitrogen and oxygen atoms in total. The van der Waals surface area contributed by atoms with E-state index in [0.717, 1.165) is 87.5 Å². The van der Waals surface area contributed by atoms with Crippen molar-refractivity contribution in [2.24, 2.45) is 0 Å². The predicted octanol–water partition coefficient (Wildman–Crippen LogP) is 14.4. The third kappa shape index (κ3) is 6.05. The smallest absolute Gasteiger partial charge is 0.159 e. The van der Waals surface area contributed by atoms with Crippen LogP contribution < -0.4 is 0 Å². The van der Waals surface area contributed by atoms with E-state index < -0.39 is 0 Å². The van der Waals surface area contributed by atoms with Crippen LogP contribution in [-0.4, -0.2) is 28.7 Å². The first-order chi connectivity index (χ1) is 31.1. The number of hydrogen-bond acceptors (Lipinski definition) is 3. The molecule has 63 heavy (non-hydrogen) atoms. The maximum atomic E-state index is 5.04. The van der Waals surface area contributed by atoms with Crippen LogP contribution in [0.15, 0.2) is 182 Å². The summed E-state index contributed by atoms with van der Waals surface area (Å²) in [5.41, 5.74) is 16.9. The van der Waals surface area contributed by atoms with Crippen molar-refractivity contribution in [1.29, 1.82) is 0 Å². The molecule has 0 fully saturated rings. The fourth-order valence-corrected chi connectivity index (χ4v) is 9.91. The lowest BCUT2D eigenvalue weighted by molar-refractivity contribution is 0.833. The van der Waals surface area contributed by atoms with Crippen molar-refractivity contribution in [3.05, 3.63) is 194 Å². The van der Waals surface area contributed by atoms with Gasteiger partial charge in [-0.25, -0.2) is 9.97 Å². The summed E-state index contributed by atoms with van der Waals surface area (Å²) < 4.78 is 7.11. The topological polar surface area (TPSA) is 53.5 Å². The number of pyridine rings is 1. The highest BCUT2D eigenvalue weighted by atomic mass is 15.0. The quantitative estimate of drug-likeness (QED) is 0.146. The van der Waals surface area contributed by atoms with Gasteiger partial charge in [0.05, 0.1) is 38.6 Å². The van der Waals surface area contributed by atoms with Gasteiger partial charge in [-0.15, -0.1) is 0 Å². The Hall–Kier alpha value is -7.83. The molecule has 302 valence electrons. The summed E-state index contributed by atoms with van der Waals surface area (Å²) in [5, 5.41) is 6.02. The molecule has 7 aromatic carbocycles. The second-order valence-corrected chi connectivity index (χ2v) is 16.6. The van der Waals surface area contributed by atoms with Crippen LogP contribution in [-0.2, 0) is 12.8 Å². The molecule has 0 saturated heterocycles. The van der Waals surface area contributed by atoms with Crippen LogP contribution in [0, 0.1) is 0 Å². The van der Waals surface area contributed by atoms with E-state index in [1.807, 2.05) is 12.3 Å². The minimum absolute atomic E-state index is 0.805. The van der Waals surface area contributed by atoms with Crippen LogP contribution in [0.5, 0.6) is 0 Å². The number of nitrogens with zero attached hydrogens (tertiary/aromatic N) is 6. The summed E-state index contributed by atoms with van der Waals surface area (Å²) in [5.74, 6) is 0.805. The maximum Gasteiger partial charge on any atom is 0.159 e. The molecule has 0 spiro atoms. The van der Waals surface area contributed by atoms with E-state index in [4.69, 9.17) is 15.0 Å². The second kappa shape index (κ2) is 15.0.